The second-order valence-corrected chi connectivity index (χ2v) is 6.10. The average molecular weight is 449 g/mol. The van der Waals surface area contributed by atoms with Gasteiger partial charge in [0.1, 0.15) is 5.82 Å². The van der Waals surface area contributed by atoms with Crippen LogP contribution in [0.25, 0.3) is 0 Å². The highest BCUT2D eigenvalue weighted by atomic mass is 127. The average Bonchev–Trinajstić information content (AvgIpc) is 2.55. The first-order valence-electron chi connectivity index (χ1n) is 8.28. The van der Waals surface area contributed by atoms with Crippen molar-refractivity contribution in [3.8, 4) is 0 Å². The van der Waals surface area contributed by atoms with Gasteiger partial charge >= 0.3 is 0 Å². The summed E-state index contributed by atoms with van der Waals surface area (Å²) in [7, 11) is 1.79. The van der Waals surface area contributed by atoms with Crippen molar-refractivity contribution in [2.45, 2.75) is 19.9 Å². The predicted molar refractivity (Wildman–Crippen MR) is 110 cm³/mol. The Hall–Kier alpha value is -1.09. The summed E-state index contributed by atoms with van der Waals surface area (Å²) in [5, 5.41) is 6.62. The number of aliphatic imine (C=N–C) groups is 1. The molecule has 7 heteroatoms. The molecule has 0 amide bonds. The molecule has 136 valence electrons. The third kappa shape index (κ3) is 6.80. The number of hydrogen-bond donors (Lipinski definition) is 2. The number of benzene rings is 1. The Morgan fingerprint density at radius 3 is 2.33 bits per heavy atom. The van der Waals surface area contributed by atoms with E-state index in [1.165, 1.54) is 12.1 Å². The number of halogens is 2. The normalized spacial score (nSPS) is 16.0. The van der Waals surface area contributed by atoms with Gasteiger partial charge in [0.05, 0.1) is 0 Å². The smallest absolute Gasteiger partial charge is 0.191 e. The van der Waals surface area contributed by atoms with E-state index in [0.29, 0.717) is 6.04 Å². The van der Waals surface area contributed by atoms with Gasteiger partial charge in [0, 0.05) is 58.0 Å². The van der Waals surface area contributed by atoms with E-state index in [1.807, 2.05) is 12.1 Å². The summed E-state index contributed by atoms with van der Waals surface area (Å²) in [5.41, 5.74) is 1.10. The van der Waals surface area contributed by atoms with Crippen molar-refractivity contribution in [1.29, 1.82) is 0 Å². The van der Waals surface area contributed by atoms with Crippen molar-refractivity contribution < 1.29 is 4.39 Å². The third-order valence-electron chi connectivity index (χ3n) is 3.93. The molecular weight excluding hydrogens is 420 g/mol. The molecule has 24 heavy (non-hydrogen) atoms. The lowest BCUT2D eigenvalue weighted by Gasteiger charge is -2.36. The molecule has 0 saturated carbocycles. The van der Waals surface area contributed by atoms with Crippen LogP contribution < -0.4 is 15.5 Å². The van der Waals surface area contributed by atoms with Gasteiger partial charge in [-0.1, -0.05) is 0 Å². The Kier molecular flexibility index (Phi) is 9.35. The topological polar surface area (TPSA) is 42.9 Å². The standard InChI is InChI=1S/C17H28FN5.HI/c1-14(2)21-17(19-3)20-8-9-22-10-12-23(13-11-22)16-6-4-15(18)5-7-16;/h4-7,14H,8-13H2,1-3H3,(H2,19,20,21);1H. The molecular formula is C17H29FIN5. The van der Waals surface area contributed by atoms with E-state index in [9.17, 15) is 4.39 Å². The summed E-state index contributed by atoms with van der Waals surface area (Å²) in [6.45, 7) is 10.1. The van der Waals surface area contributed by atoms with Crippen LogP contribution in [-0.4, -0.2) is 63.2 Å². The van der Waals surface area contributed by atoms with Gasteiger partial charge < -0.3 is 15.5 Å². The summed E-state index contributed by atoms with van der Waals surface area (Å²) in [6, 6.07) is 7.14. The number of rotatable bonds is 5. The van der Waals surface area contributed by atoms with E-state index < -0.39 is 0 Å². The number of hydrogen-bond acceptors (Lipinski definition) is 3. The fourth-order valence-electron chi connectivity index (χ4n) is 2.68. The van der Waals surface area contributed by atoms with Crippen LogP contribution in [0.4, 0.5) is 10.1 Å². The van der Waals surface area contributed by atoms with E-state index in [-0.39, 0.29) is 29.8 Å². The van der Waals surface area contributed by atoms with Gasteiger partial charge in [-0.2, -0.15) is 0 Å². The third-order valence-corrected chi connectivity index (χ3v) is 3.93. The van der Waals surface area contributed by atoms with E-state index in [1.54, 1.807) is 7.05 Å². The highest BCUT2D eigenvalue weighted by Crippen LogP contribution is 2.16. The zero-order valence-corrected chi connectivity index (χ0v) is 17.1. The van der Waals surface area contributed by atoms with Gasteiger partial charge in [-0.25, -0.2) is 4.39 Å². The lowest BCUT2D eigenvalue weighted by atomic mass is 10.2. The Balaban J connectivity index is 0.00000288. The Morgan fingerprint density at radius 2 is 1.79 bits per heavy atom. The molecule has 1 aliphatic rings. The van der Waals surface area contributed by atoms with Gasteiger partial charge in [-0.3, -0.25) is 9.89 Å². The molecule has 0 unspecified atom stereocenters. The molecule has 1 aromatic carbocycles. The van der Waals surface area contributed by atoms with Gasteiger partial charge in [0.15, 0.2) is 5.96 Å². The number of nitrogens with zero attached hydrogens (tertiary/aromatic N) is 3. The van der Waals surface area contributed by atoms with Crippen LogP contribution in [0.2, 0.25) is 0 Å². The largest absolute Gasteiger partial charge is 0.369 e. The minimum atomic E-state index is -0.179. The summed E-state index contributed by atoms with van der Waals surface area (Å²) >= 11 is 0. The van der Waals surface area contributed by atoms with Crippen LogP contribution >= 0.6 is 24.0 Å². The molecule has 0 atom stereocenters. The summed E-state index contributed by atoms with van der Waals surface area (Å²) in [5.74, 6) is 0.673. The van der Waals surface area contributed by atoms with Gasteiger partial charge in [0.25, 0.3) is 0 Å². The molecule has 0 radical (unpaired) electrons. The van der Waals surface area contributed by atoms with Crippen molar-refractivity contribution in [2.24, 2.45) is 4.99 Å². The molecule has 1 aromatic rings. The molecule has 0 bridgehead atoms. The molecule has 5 nitrogen and oxygen atoms in total. The molecule has 1 saturated heterocycles. The van der Waals surface area contributed by atoms with Crippen molar-refractivity contribution in [3.05, 3.63) is 30.1 Å². The SMILES string of the molecule is CN=C(NCCN1CCN(c2ccc(F)cc2)CC1)NC(C)C.I. The zero-order valence-electron chi connectivity index (χ0n) is 14.8. The van der Waals surface area contributed by atoms with Crippen LogP contribution in [-0.2, 0) is 0 Å². The van der Waals surface area contributed by atoms with E-state index in [4.69, 9.17) is 0 Å². The second kappa shape index (κ2) is 10.7. The molecule has 0 aliphatic carbocycles. The van der Waals surface area contributed by atoms with Gasteiger partial charge in [0.2, 0.25) is 0 Å². The maximum absolute atomic E-state index is 13.0. The van der Waals surface area contributed by atoms with Crippen LogP contribution in [0.5, 0.6) is 0 Å². The lowest BCUT2D eigenvalue weighted by molar-refractivity contribution is 0.261. The number of anilines is 1. The molecule has 0 spiro atoms. The molecule has 1 fully saturated rings. The van der Waals surface area contributed by atoms with E-state index >= 15 is 0 Å². The van der Waals surface area contributed by atoms with Crippen LogP contribution in [0.1, 0.15) is 13.8 Å². The predicted octanol–water partition coefficient (Wildman–Crippen LogP) is 2.14. The number of nitrogens with one attached hydrogen (secondary N) is 2. The van der Waals surface area contributed by atoms with E-state index in [2.05, 4.69) is 39.3 Å². The van der Waals surface area contributed by atoms with Crippen molar-refractivity contribution in [3.63, 3.8) is 0 Å². The minimum Gasteiger partial charge on any atom is -0.369 e. The summed E-state index contributed by atoms with van der Waals surface area (Å²) in [4.78, 5) is 8.96. The zero-order chi connectivity index (χ0) is 16.7. The first-order valence-corrected chi connectivity index (χ1v) is 8.28. The first-order chi connectivity index (χ1) is 11.1. The summed E-state index contributed by atoms with van der Waals surface area (Å²) < 4.78 is 13.0. The summed E-state index contributed by atoms with van der Waals surface area (Å²) in [6.07, 6.45) is 0. The maximum Gasteiger partial charge on any atom is 0.191 e. The highest BCUT2D eigenvalue weighted by molar-refractivity contribution is 14.0. The highest BCUT2D eigenvalue weighted by Gasteiger charge is 2.16. The molecule has 1 heterocycles. The first kappa shape index (κ1) is 21.0. The Morgan fingerprint density at radius 1 is 1.17 bits per heavy atom. The number of piperazine rings is 1. The van der Waals surface area contributed by atoms with Crippen molar-refractivity contribution >= 4 is 35.6 Å². The molecule has 2 N–H and O–H groups in total. The van der Waals surface area contributed by atoms with Crippen LogP contribution in [0, 0.1) is 5.82 Å². The fourth-order valence-corrected chi connectivity index (χ4v) is 2.68. The minimum absolute atomic E-state index is 0. The Bertz CT molecular complexity index is 498. The Labute approximate surface area is 161 Å². The second-order valence-electron chi connectivity index (χ2n) is 6.10. The van der Waals surface area contributed by atoms with Gasteiger partial charge in [-0.05, 0) is 38.1 Å². The molecule has 1 aliphatic heterocycles. The molecule has 2 rings (SSSR count). The number of guanidine groups is 1. The lowest BCUT2D eigenvalue weighted by Crippen LogP contribution is -2.49. The fraction of sp³-hybridized carbons (Fsp3) is 0.588. The van der Waals surface area contributed by atoms with Crippen molar-refractivity contribution in [1.82, 2.24) is 15.5 Å². The maximum atomic E-state index is 13.0. The van der Waals surface area contributed by atoms with Crippen LogP contribution in [0.15, 0.2) is 29.3 Å². The monoisotopic (exact) mass is 449 g/mol. The van der Waals surface area contributed by atoms with E-state index in [0.717, 1.165) is 50.9 Å². The molecule has 0 aromatic heterocycles. The van der Waals surface area contributed by atoms with Gasteiger partial charge in [-0.15, -0.1) is 24.0 Å². The van der Waals surface area contributed by atoms with Crippen LogP contribution in [0.3, 0.4) is 0 Å². The quantitative estimate of drug-likeness (QED) is 0.411. The van der Waals surface area contributed by atoms with Crippen molar-refractivity contribution in [2.75, 3.05) is 51.2 Å².